The molecule has 0 aromatic heterocycles. The van der Waals surface area contributed by atoms with Crippen molar-refractivity contribution in [2.45, 2.75) is 58.0 Å². The van der Waals surface area contributed by atoms with Crippen LogP contribution in [0, 0.1) is 0 Å². The SMILES string of the molecule is CCNC(=NCC1(c2ccccc2)CCOCC1)NCCCNC(=O)OC(C)(C)C.I. The molecule has 1 aliphatic rings. The summed E-state index contributed by atoms with van der Waals surface area (Å²) in [5.74, 6) is 0.802. The van der Waals surface area contributed by atoms with E-state index in [4.69, 9.17) is 14.5 Å². The van der Waals surface area contributed by atoms with Crippen LogP contribution in [0.15, 0.2) is 35.3 Å². The summed E-state index contributed by atoms with van der Waals surface area (Å²) in [6, 6.07) is 10.6. The molecule has 2 rings (SSSR count). The molecule has 31 heavy (non-hydrogen) atoms. The highest BCUT2D eigenvalue weighted by molar-refractivity contribution is 14.0. The monoisotopic (exact) mass is 546 g/mol. The Kier molecular flexibility index (Phi) is 12.2. The maximum Gasteiger partial charge on any atom is 0.407 e. The van der Waals surface area contributed by atoms with E-state index >= 15 is 0 Å². The van der Waals surface area contributed by atoms with E-state index in [2.05, 4.69) is 53.2 Å². The van der Waals surface area contributed by atoms with E-state index in [1.54, 1.807) is 0 Å². The fourth-order valence-corrected chi connectivity index (χ4v) is 3.46. The minimum absolute atomic E-state index is 0. The van der Waals surface area contributed by atoms with Crippen molar-refractivity contribution in [3.8, 4) is 0 Å². The number of amides is 1. The van der Waals surface area contributed by atoms with Gasteiger partial charge in [-0.25, -0.2) is 4.79 Å². The summed E-state index contributed by atoms with van der Waals surface area (Å²) in [4.78, 5) is 16.6. The summed E-state index contributed by atoms with van der Waals surface area (Å²) < 4.78 is 10.9. The van der Waals surface area contributed by atoms with Crippen molar-refractivity contribution in [2.24, 2.45) is 4.99 Å². The zero-order valence-corrected chi connectivity index (χ0v) is 21.7. The van der Waals surface area contributed by atoms with Crippen LogP contribution in [-0.2, 0) is 14.9 Å². The van der Waals surface area contributed by atoms with Crippen molar-refractivity contribution in [3.63, 3.8) is 0 Å². The first-order valence-electron chi connectivity index (χ1n) is 11.0. The molecule has 0 unspecified atom stereocenters. The fourth-order valence-electron chi connectivity index (χ4n) is 3.46. The van der Waals surface area contributed by atoms with E-state index in [9.17, 15) is 4.79 Å². The molecular weight excluding hydrogens is 507 g/mol. The Morgan fingerprint density at radius 3 is 2.35 bits per heavy atom. The number of carbonyl (C=O) groups excluding carboxylic acids is 1. The van der Waals surface area contributed by atoms with Crippen molar-refractivity contribution < 1.29 is 14.3 Å². The molecule has 0 bridgehead atoms. The number of nitrogens with zero attached hydrogens (tertiary/aromatic N) is 1. The van der Waals surface area contributed by atoms with Gasteiger partial charge in [0.25, 0.3) is 0 Å². The van der Waals surface area contributed by atoms with Gasteiger partial charge in [-0.3, -0.25) is 4.99 Å². The van der Waals surface area contributed by atoms with Crippen LogP contribution in [0.1, 0.15) is 52.5 Å². The summed E-state index contributed by atoms with van der Waals surface area (Å²) in [6.45, 7) is 11.9. The number of carbonyl (C=O) groups is 1. The standard InChI is InChI=1S/C23H38N4O3.HI/c1-5-24-20(25-14-9-15-26-21(28)30-22(2,3)4)27-18-23(12-16-29-17-13-23)19-10-7-6-8-11-19;/h6-8,10-11H,5,9,12-18H2,1-4H3,(H,26,28)(H2,24,25,27);1H. The molecule has 0 aliphatic carbocycles. The Balaban J connectivity index is 0.00000480. The summed E-state index contributed by atoms with van der Waals surface area (Å²) in [5, 5.41) is 9.46. The largest absolute Gasteiger partial charge is 0.444 e. The van der Waals surface area contributed by atoms with Gasteiger partial charge < -0.3 is 25.4 Å². The quantitative estimate of drug-likeness (QED) is 0.200. The fraction of sp³-hybridized carbons (Fsp3) is 0.652. The number of hydrogen-bond donors (Lipinski definition) is 3. The van der Waals surface area contributed by atoms with Crippen LogP contribution in [0.25, 0.3) is 0 Å². The number of benzene rings is 1. The number of ether oxygens (including phenoxy) is 2. The van der Waals surface area contributed by atoms with Gasteiger partial charge in [-0.2, -0.15) is 0 Å². The van der Waals surface area contributed by atoms with Crippen molar-refractivity contribution >= 4 is 36.0 Å². The minimum Gasteiger partial charge on any atom is -0.444 e. The third-order valence-electron chi connectivity index (χ3n) is 5.03. The van der Waals surface area contributed by atoms with Crippen molar-refractivity contribution in [1.82, 2.24) is 16.0 Å². The van der Waals surface area contributed by atoms with Gasteiger partial charge in [-0.1, -0.05) is 30.3 Å². The van der Waals surface area contributed by atoms with E-state index in [1.807, 2.05) is 20.8 Å². The molecule has 0 radical (unpaired) electrons. The lowest BCUT2D eigenvalue weighted by molar-refractivity contribution is 0.0524. The Labute approximate surface area is 204 Å². The Morgan fingerprint density at radius 2 is 1.74 bits per heavy atom. The Bertz CT molecular complexity index is 671. The summed E-state index contributed by atoms with van der Waals surface area (Å²) in [5.41, 5.74) is 0.862. The molecule has 1 heterocycles. The smallest absolute Gasteiger partial charge is 0.407 e. The van der Waals surface area contributed by atoms with Gasteiger partial charge in [-0.15, -0.1) is 24.0 Å². The van der Waals surface area contributed by atoms with E-state index in [-0.39, 0.29) is 35.5 Å². The van der Waals surface area contributed by atoms with Gasteiger partial charge in [0.1, 0.15) is 5.60 Å². The molecule has 1 aliphatic heterocycles. The third-order valence-corrected chi connectivity index (χ3v) is 5.03. The van der Waals surface area contributed by atoms with Gasteiger partial charge in [-0.05, 0) is 52.5 Å². The highest BCUT2D eigenvalue weighted by Crippen LogP contribution is 2.35. The molecule has 1 amide bonds. The number of nitrogens with one attached hydrogen (secondary N) is 3. The number of aliphatic imine (C=N–C) groups is 1. The lowest BCUT2D eigenvalue weighted by Gasteiger charge is -2.36. The summed E-state index contributed by atoms with van der Waals surface area (Å²) in [7, 11) is 0. The van der Waals surface area contributed by atoms with E-state index < -0.39 is 5.60 Å². The van der Waals surface area contributed by atoms with E-state index in [0.717, 1.165) is 45.0 Å². The van der Waals surface area contributed by atoms with Gasteiger partial charge in [0, 0.05) is 38.3 Å². The first-order chi connectivity index (χ1) is 14.3. The van der Waals surface area contributed by atoms with Crippen LogP contribution in [-0.4, -0.2) is 57.0 Å². The second-order valence-electron chi connectivity index (χ2n) is 8.66. The second-order valence-corrected chi connectivity index (χ2v) is 8.66. The lowest BCUT2D eigenvalue weighted by atomic mass is 9.74. The molecule has 1 saturated heterocycles. The molecule has 3 N–H and O–H groups in total. The highest BCUT2D eigenvalue weighted by Gasteiger charge is 2.34. The molecule has 176 valence electrons. The number of hydrogen-bond acceptors (Lipinski definition) is 4. The molecular formula is C23H39IN4O3. The molecule has 0 spiro atoms. The molecule has 8 heteroatoms. The Morgan fingerprint density at radius 1 is 1.10 bits per heavy atom. The van der Waals surface area contributed by atoms with Gasteiger partial charge in [0.15, 0.2) is 5.96 Å². The molecule has 1 fully saturated rings. The van der Waals surface area contributed by atoms with Crippen LogP contribution in [0.4, 0.5) is 4.79 Å². The predicted octanol–water partition coefficient (Wildman–Crippen LogP) is 3.82. The van der Waals surface area contributed by atoms with Crippen LogP contribution in [0.3, 0.4) is 0 Å². The number of alkyl carbamates (subject to hydrolysis) is 1. The first-order valence-corrected chi connectivity index (χ1v) is 11.0. The van der Waals surface area contributed by atoms with Gasteiger partial charge >= 0.3 is 6.09 Å². The van der Waals surface area contributed by atoms with Gasteiger partial charge in [0.05, 0.1) is 6.54 Å². The highest BCUT2D eigenvalue weighted by atomic mass is 127. The van der Waals surface area contributed by atoms with Crippen molar-refractivity contribution in [2.75, 3.05) is 39.4 Å². The molecule has 7 nitrogen and oxygen atoms in total. The van der Waals surface area contributed by atoms with Gasteiger partial charge in [0.2, 0.25) is 0 Å². The average molecular weight is 546 g/mol. The minimum atomic E-state index is -0.480. The number of guanidine groups is 1. The van der Waals surface area contributed by atoms with Crippen LogP contribution in [0.2, 0.25) is 0 Å². The van der Waals surface area contributed by atoms with Crippen molar-refractivity contribution in [3.05, 3.63) is 35.9 Å². The summed E-state index contributed by atoms with van der Waals surface area (Å²) >= 11 is 0. The third kappa shape index (κ3) is 10.1. The normalized spacial score (nSPS) is 16.1. The second kappa shape index (κ2) is 13.8. The van der Waals surface area contributed by atoms with E-state index in [0.29, 0.717) is 19.6 Å². The lowest BCUT2D eigenvalue weighted by Crippen LogP contribution is -2.42. The summed E-state index contributed by atoms with van der Waals surface area (Å²) in [6.07, 6.45) is 2.34. The molecule has 0 saturated carbocycles. The predicted molar refractivity (Wildman–Crippen MR) is 136 cm³/mol. The molecule has 0 atom stereocenters. The maximum absolute atomic E-state index is 11.7. The van der Waals surface area contributed by atoms with Crippen molar-refractivity contribution in [1.29, 1.82) is 0 Å². The van der Waals surface area contributed by atoms with Crippen LogP contribution >= 0.6 is 24.0 Å². The Hall–Kier alpha value is -1.55. The zero-order chi connectivity index (χ0) is 21.9. The average Bonchev–Trinajstić information content (AvgIpc) is 2.72. The number of halogens is 1. The van der Waals surface area contributed by atoms with Crippen LogP contribution in [0.5, 0.6) is 0 Å². The maximum atomic E-state index is 11.7. The van der Waals surface area contributed by atoms with E-state index in [1.165, 1.54) is 5.56 Å². The molecule has 1 aromatic rings. The zero-order valence-electron chi connectivity index (χ0n) is 19.3. The number of rotatable bonds is 8. The molecule has 1 aromatic carbocycles. The topological polar surface area (TPSA) is 84.0 Å². The first kappa shape index (κ1) is 27.5. The van der Waals surface area contributed by atoms with Crippen LogP contribution < -0.4 is 16.0 Å².